The third-order valence-corrected chi connectivity index (χ3v) is 2.39. The standard InChI is InChI=1S/C13H12FNO/c1-16-13-5-3-2-4-10(13)11-8-9(15)6-7-12(11)14/h2-8H,15H2,1H3. The predicted molar refractivity (Wildman–Crippen MR) is 62.8 cm³/mol. The molecule has 0 unspecified atom stereocenters. The van der Waals surface area contributed by atoms with Crippen molar-refractivity contribution in [2.24, 2.45) is 0 Å². The maximum atomic E-state index is 13.7. The van der Waals surface area contributed by atoms with E-state index in [0.29, 0.717) is 22.6 Å². The maximum Gasteiger partial charge on any atom is 0.131 e. The molecule has 3 heteroatoms. The van der Waals surface area contributed by atoms with Crippen molar-refractivity contribution in [2.75, 3.05) is 12.8 Å². The van der Waals surface area contributed by atoms with Gasteiger partial charge in [0.25, 0.3) is 0 Å². The van der Waals surface area contributed by atoms with E-state index in [-0.39, 0.29) is 5.82 Å². The van der Waals surface area contributed by atoms with Gasteiger partial charge in [-0.15, -0.1) is 0 Å². The molecule has 2 aromatic carbocycles. The number of hydrogen-bond donors (Lipinski definition) is 1. The highest BCUT2D eigenvalue weighted by Gasteiger charge is 2.09. The van der Waals surface area contributed by atoms with Crippen molar-refractivity contribution < 1.29 is 9.13 Å². The van der Waals surface area contributed by atoms with Crippen LogP contribution in [0.5, 0.6) is 5.75 Å². The molecule has 0 saturated heterocycles. The molecule has 2 N–H and O–H groups in total. The molecule has 0 fully saturated rings. The van der Waals surface area contributed by atoms with Crippen LogP contribution in [0.4, 0.5) is 10.1 Å². The van der Waals surface area contributed by atoms with Crippen LogP contribution in [0.1, 0.15) is 0 Å². The van der Waals surface area contributed by atoms with Gasteiger partial charge in [-0.2, -0.15) is 0 Å². The van der Waals surface area contributed by atoms with Crippen LogP contribution in [0.2, 0.25) is 0 Å². The van der Waals surface area contributed by atoms with Gasteiger partial charge in [0.2, 0.25) is 0 Å². The largest absolute Gasteiger partial charge is 0.496 e. The van der Waals surface area contributed by atoms with Crippen molar-refractivity contribution in [2.45, 2.75) is 0 Å². The van der Waals surface area contributed by atoms with E-state index in [4.69, 9.17) is 10.5 Å². The molecule has 82 valence electrons. The fraction of sp³-hybridized carbons (Fsp3) is 0.0769. The first-order valence-corrected chi connectivity index (χ1v) is 4.91. The van der Waals surface area contributed by atoms with Crippen LogP contribution in [-0.4, -0.2) is 7.11 Å². The van der Waals surface area contributed by atoms with Gasteiger partial charge in [-0.25, -0.2) is 4.39 Å². The molecule has 0 bridgehead atoms. The number of rotatable bonds is 2. The Morgan fingerprint density at radius 2 is 1.81 bits per heavy atom. The number of nitrogen functional groups attached to an aromatic ring is 1. The lowest BCUT2D eigenvalue weighted by Gasteiger charge is -2.09. The zero-order chi connectivity index (χ0) is 11.5. The molecule has 2 nitrogen and oxygen atoms in total. The van der Waals surface area contributed by atoms with E-state index >= 15 is 0 Å². The SMILES string of the molecule is COc1ccccc1-c1cc(N)ccc1F. The van der Waals surface area contributed by atoms with Crippen LogP contribution in [-0.2, 0) is 0 Å². The normalized spacial score (nSPS) is 10.1. The Morgan fingerprint density at radius 3 is 2.56 bits per heavy atom. The number of nitrogens with two attached hydrogens (primary N) is 1. The van der Waals surface area contributed by atoms with E-state index in [1.807, 2.05) is 12.1 Å². The number of methoxy groups -OCH3 is 1. The summed E-state index contributed by atoms with van der Waals surface area (Å²) in [6.07, 6.45) is 0. The van der Waals surface area contributed by atoms with E-state index in [9.17, 15) is 4.39 Å². The van der Waals surface area contributed by atoms with Gasteiger partial charge < -0.3 is 10.5 Å². The summed E-state index contributed by atoms with van der Waals surface area (Å²) in [6, 6.07) is 11.8. The minimum Gasteiger partial charge on any atom is -0.496 e. The molecule has 0 amide bonds. The minimum absolute atomic E-state index is 0.307. The Morgan fingerprint density at radius 1 is 1.06 bits per heavy atom. The third-order valence-electron chi connectivity index (χ3n) is 2.39. The summed E-state index contributed by atoms with van der Waals surface area (Å²) >= 11 is 0. The second-order valence-electron chi connectivity index (χ2n) is 3.44. The lowest BCUT2D eigenvalue weighted by Crippen LogP contribution is -1.92. The molecule has 0 aromatic heterocycles. The van der Waals surface area contributed by atoms with E-state index in [1.165, 1.54) is 12.1 Å². The van der Waals surface area contributed by atoms with Gasteiger partial charge in [-0.05, 0) is 24.3 Å². The smallest absolute Gasteiger partial charge is 0.131 e. The number of para-hydroxylation sites is 1. The third kappa shape index (κ3) is 1.84. The number of halogens is 1. The van der Waals surface area contributed by atoms with Gasteiger partial charge in [0.05, 0.1) is 7.11 Å². The number of anilines is 1. The molecule has 2 aromatic rings. The minimum atomic E-state index is -0.307. The quantitative estimate of drug-likeness (QED) is 0.784. The van der Waals surface area contributed by atoms with Crippen molar-refractivity contribution in [3.63, 3.8) is 0 Å². The highest BCUT2D eigenvalue weighted by atomic mass is 19.1. The van der Waals surface area contributed by atoms with Crippen LogP contribution in [0.15, 0.2) is 42.5 Å². The summed E-state index contributed by atoms with van der Waals surface area (Å²) in [5.41, 5.74) is 7.34. The zero-order valence-electron chi connectivity index (χ0n) is 8.91. The van der Waals surface area contributed by atoms with Gasteiger partial charge in [-0.3, -0.25) is 0 Å². The highest BCUT2D eigenvalue weighted by molar-refractivity contribution is 5.73. The van der Waals surface area contributed by atoms with Gasteiger partial charge >= 0.3 is 0 Å². The second kappa shape index (κ2) is 4.23. The predicted octanol–water partition coefficient (Wildman–Crippen LogP) is 3.08. The molecule has 0 spiro atoms. The molecular weight excluding hydrogens is 205 g/mol. The zero-order valence-corrected chi connectivity index (χ0v) is 8.91. The molecule has 0 saturated carbocycles. The van der Waals surface area contributed by atoms with E-state index in [1.54, 1.807) is 25.3 Å². The molecular formula is C13H12FNO. The molecule has 0 aliphatic rings. The van der Waals surface area contributed by atoms with Crippen molar-refractivity contribution in [3.8, 4) is 16.9 Å². The summed E-state index contributed by atoms with van der Waals surface area (Å²) in [5, 5.41) is 0. The fourth-order valence-electron chi connectivity index (χ4n) is 1.62. The van der Waals surface area contributed by atoms with Gasteiger partial charge in [-0.1, -0.05) is 18.2 Å². The first-order chi connectivity index (χ1) is 7.72. The number of benzene rings is 2. The highest BCUT2D eigenvalue weighted by Crippen LogP contribution is 2.32. The van der Waals surface area contributed by atoms with Crippen LogP contribution >= 0.6 is 0 Å². The molecule has 0 radical (unpaired) electrons. The first-order valence-electron chi connectivity index (χ1n) is 4.91. The van der Waals surface area contributed by atoms with E-state index < -0.39 is 0 Å². The van der Waals surface area contributed by atoms with E-state index in [0.717, 1.165) is 0 Å². The Kier molecular flexibility index (Phi) is 2.77. The molecule has 16 heavy (non-hydrogen) atoms. The molecule has 0 aliphatic carbocycles. The average molecular weight is 217 g/mol. The molecule has 0 aliphatic heterocycles. The van der Waals surface area contributed by atoms with Crippen molar-refractivity contribution in [1.29, 1.82) is 0 Å². The van der Waals surface area contributed by atoms with E-state index in [2.05, 4.69) is 0 Å². The summed E-state index contributed by atoms with van der Waals surface area (Å²) in [7, 11) is 1.56. The van der Waals surface area contributed by atoms with Crippen molar-refractivity contribution in [3.05, 3.63) is 48.3 Å². The second-order valence-corrected chi connectivity index (χ2v) is 3.44. The first kappa shape index (κ1) is 10.5. The van der Waals surface area contributed by atoms with Crippen molar-refractivity contribution in [1.82, 2.24) is 0 Å². The Labute approximate surface area is 93.5 Å². The molecule has 0 heterocycles. The Bertz CT molecular complexity index is 511. The van der Waals surface area contributed by atoms with Crippen molar-refractivity contribution >= 4 is 5.69 Å². The van der Waals surface area contributed by atoms with Gasteiger partial charge in [0.1, 0.15) is 11.6 Å². The summed E-state index contributed by atoms with van der Waals surface area (Å²) in [5.74, 6) is 0.325. The summed E-state index contributed by atoms with van der Waals surface area (Å²) < 4.78 is 18.8. The van der Waals surface area contributed by atoms with Crippen LogP contribution in [0, 0.1) is 5.82 Å². The lowest BCUT2D eigenvalue weighted by atomic mass is 10.0. The molecule has 0 atom stereocenters. The summed E-state index contributed by atoms with van der Waals surface area (Å²) in [4.78, 5) is 0. The Balaban J connectivity index is 2.62. The lowest BCUT2D eigenvalue weighted by molar-refractivity contribution is 0.416. The number of hydrogen-bond acceptors (Lipinski definition) is 2. The topological polar surface area (TPSA) is 35.2 Å². The fourth-order valence-corrected chi connectivity index (χ4v) is 1.62. The maximum absolute atomic E-state index is 13.7. The van der Waals surface area contributed by atoms with Gasteiger partial charge in [0.15, 0.2) is 0 Å². The number of ether oxygens (including phenoxy) is 1. The molecule has 2 rings (SSSR count). The van der Waals surface area contributed by atoms with Gasteiger partial charge in [0, 0.05) is 16.8 Å². The summed E-state index contributed by atoms with van der Waals surface area (Å²) in [6.45, 7) is 0. The average Bonchev–Trinajstić information content (AvgIpc) is 2.32. The Hall–Kier alpha value is -2.03. The van der Waals surface area contributed by atoms with Crippen LogP contribution in [0.3, 0.4) is 0 Å². The van der Waals surface area contributed by atoms with Crippen LogP contribution in [0.25, 0.3) is 11.1 Å². The monoisotopic (exact) mass is 217 g/mol. The van der Waals surface area contributed by atoms with Crippen LogP contribution < -0.4 is 10.5 Å².